The number of hydrogen-bond donors (Lipinski definition) is 2. The lowest BCUT2D eigenvalue weighted by Crippen LogP contribution is -2.44. The quantitative estimate of drug-likeness (QED) is 0.684. The van der Waals surface area contributed by atoms with Crippen molar-refractivity contribution in [3.05, 3.63) is 54.4 Å². The smallest absolute Gasteiger partial charge is 0.251 e. The molecule has 2 N–H and O–H groups in total. The van der Waals surface area contributed by atoms with Crippen LogP contribution < -0.4 is 15.4 Å². The molecule has 1 aromatic carbocycles. The van der Waals surface area contributed by atoms with Crippen LogP contribution in [0.2, 0.25) is 0 Å². The monoisotopic (exact) mass is 412 g/mol. The Bertz CT molecular complexity index is 682. The summed E-state index contributed by atoms with van der Waals surface area (Å²) in [4.78, 5) is 18.7. The van der Waals surface area contributed by atoms with E-state index >= 15 is 0 Å². The number of nitrogens with zero attached hydrogens (tertiary/aromatic N) is 2. The molecule has 1 aromatic heterocycles. The van der Waals surface area contributed by atoms with E-state index in [1.807, 2.05) is 12.1 Å². The summed E-state index contributed by atoms with van der Waals surface area (Å²) in [6.07, 6.45) is 4.30. The molecule has 0 saturated carbocycles. The van der Waals surface area contributed by atoms with Gasteiger partial charge < -0.3 is 20.3 Å². The fourth-order valence-electron chi connectivity index (χ4n) is 2.78. The zero-order chi connectivity index (χ0) is 17.3. The fourth-order valence-corrected chi connectivity index (χ4v) is 2.78. The molecule has 1 amide bonds. The summed E-state index contributed by atoms with van der Waals surface area (Å²) >= 11 is 0. The number of carbonyl (C=O) groups excluding carboxylic acids is 1. The van der Waals surface area contributed by atoms with E-state index in [0.717, 1.165) is 39.1 Å². The molecule has 6 nitrogen and oxygen atoms in total. The number of halogens is 2. The van der Waals surface area contributed by atoms with Gasteiger partial charge in [-0.3, -0.25) is 9.78 Å². The van der Waals surface area contributed by atoms with E-state index in [1.165, 1.54) is 0 Å². The predicted octanol–water partition coefficient (Wildman–Crippen LogP) is 2.74. The molecule has 1 fully saturated rings. The van der Waals surface area contributed by atoms with Gasteiger partial charge in [0, 0.05) is 50.7 Å². The number of nitrogens with one attached hydrogen (secondary N) is 2. The van der Waals surface area contributed by atoms with Crippen molar-refractivity contribution in [1.29, 1.82) is 0 Å². The van der Waals surface area contributed by atoms with Crippen LogP contribution in [0.3, 0.4) is 0 Å². The molecule has 1 saturated heterocycles. The molecule has 8 heteroatoms. The number of ether oxygens (including phenoxy) is 1. The number of pyridine rings is 1. The first kappa shape index (κ1) is 23.2. The third-order valence-corrected chi connectivity index (χ3v) is 4.13. The first-order valence-corrected chi connectivity index (χ1v) is 8.70. The average molecular weight is 413 g/mol. The van der Waals surface area contributed by atoms with E-state index in [1.54, 1.807) is 36.7 Å². The SMILES string of the molecule is Cl.Cl.O=C(NCCCN1CCNCC1)c1cccc(Oc2ccncc2)c1. The molecular formula is C19H26Cl2N4O2. The molecular weight excluding hydrogens is 387 g/mol. The Morgan fingerprint density at radius 1 is 1.11 bits per heavy atom. The van der Waals surface area contributed by atoms with Crippen LogP contribution >= 0.6 is 24.8 Å². The van der Waals surface area contributed by atoms with Crippen molar-refractivity contribution in [3.8, 4) is 11.5 Å². The van der Waals surface area contributed by atoms with Gasteiger partial charge in [-0.25, -0.2) is 0 Å². The summed E-state index contributed by atoms with van der Waals surface area (Å²) in [5, 5.41) is 6.32. The number of rotatable bonds is 7. The van der Waals surface area contributed by atoms with Gasteiger partial charge in [0.1, 0.15) is 11.5 Å². The Kier molecular flexibility index (Phi) is 10.7. The molecule has 0 spiro atoms. The van der Waals surface area contributed by atoms with Crippen LogP contribution in [0.25, 0.3) is 0 Å². The van der Waals surface area contributed by atoms with E-state index in [0.29, 0.717) is 23.6 Å². The lowest BCUT2D eigenvalue weighted by Gasteiger charge is -2.27. The van der Waals surface area contributed by atoms with Crippen molar-refractivity contribution in [3.63, 3.8) is 0 Å². The zero-order valence-electron chi connectivity index (χ0n) is 15.1. The summed E-state index contributed by atoms with van der Waals surface area (Å²) in [7, 11) is 0. The van der Waals surface area contributed by atoms with Gasteiger partial charge in [0.15, 0.2) is 0 Å². The van der Waals surface area contributed by atoms with Crippen LogP contribution in [0.1, 0.15) is 16.8 Å². The molecule has 0 unspecified atom stereocenters. The summed E-state index contributed by atoms with van der Waals surface area (Å²) in [6.45, 7) is 5.98. The van der Waals surface area contributed by atoms with Crippen molar-refractivity contribution in [2.24, 2.45) is 0 Å². The Balaban J connectivity index is 0.00000182. The second kappa shape index (κ2) is 12.5. The number of aromatic nitrogens is 1. The number of amides is 1. The highest BCUT2D eigenvalue weighted by molar-refractivity contribution is 5.94. The van der Waals surface area contributed by atoms with Gasteiger partial charge in [-0.1, -0.05) is 6.07 Å². The molecule has 27 heavy (non-hydrogen) atoms. The van der Waals surface area contributed by atoms with Gasteiger partial charge in [0.25, 0.3) is 5.91 Å². The van der Waals surface area contributed by atoms with Gasteiger partial charge in [-0.2, -0.15) is 0 Å². The average Bonchev–Trinajstić information content (AvgIpc) is 2.67. The molecule has 0 bridgehead atoms. The van der Waals surface area contributed by atoms with Gasteiger partial charge in [-0.15, -0.1) is 24.8 Å². The Hall–Kier alpha value is -1.86. The third kappa shape index (κ3) is 7.72. The third-order valence-electron chi connectivity index (χ3n) is 4.13. The lowest BCUT2D eigenvalue weighted by molar-refractivity contribution is 0.0951. The van der Waals surface area contributed by atoms with Crippen molar-refractivity contribution in [2.45, 2.75) is 6.42 Å². The minimum atomic E-state index is -0.0690. The van der Waals surface area contributed by atoms with E-state index in [-0.39, 0.29) is 30.7 Å². The molecule has 0 atom stereocenters. The van der Waals surface area contributed by atoms with Crippen molar-refractivity contribution in [1.82, 2.24) is 20.5 Å². The summed E-state index contributed by atoms with van der Waals surface area (Å²) in [5.41, 5.74) is 0.605. The van der Waals surface area contributed by atoms with Gasteiger partial charge in [-0.05, 0) is 43.3 Å². The number of piperazine rings is 1. The standard InChI is InChI=1S/C19H24N4O2.2ClH/c24-19(22-7-2-12-23-13-10-21-11-14-23)16-3-1-4-18(15-16)25-17-5-8-20-9-6-17;;/h1,3-6,8-9,15,21H,2,7,10-14H2,(H,22,24);2*1H. The Labute approximate surface area is 172 Å². The van der Waals surface area contributed by atoms with Crippen LogP contribution in [0.15, 0.2) is 48.8 Å². The van der Waals surface area contributed by atoms with Crippen LogP contribution in [0, 0.1) is 0 Å². The summed E-state index contributed by atoms with van der Waals surface area (Å²) in [5.74, 6) is 1.27. The predicted molar refractivity (Wildman–Crippen MR) is 112 cm³/mol. The molecule has 1 aliphatic heterocycles. The first-order valence-electron chi connectivity index (χ1n) is 8.70. The molecule has 3 rings (SSSR count). The van der Waals surface area contributed by atoms with E-state index in [9.17, 15) is 4.79 Å². The molecule has 2 heterocycles. The molecule has 0 radical (unpaired) electrons. The minimum absolute atomic E-state index is 0. The topological polar surface area (TPSA) is 66.5 Å². The van der Waals surface area contributed by atoms with Crippen LogP contribution in [0.5, 0.6) is 11.5 Å². The summed E-state index contributed by atoms with van der Waals surface area (Å²) in [6, 6.07) is 10.8. The van der Waals surface area contributed by atoms with Crippen molar-refractivity contribution >= 4 is 30.7 Å². The normalized spacial score (nSPS) is 13.8. The highest BCUT2D eigenvalue weighted by Crippen LogP contribution is 2.21. The maximum Gasteiger partial charge on any atom is 0.251 e. The first-order chi connectivity index (χ1) is 12.3. The second-order valence-electron chi connectivity index (χ2n) is 6.01. The maximum absolute atomic E-state index is 12.3. The Morgan fingerprint density at radius 2 is 1.85 bits per heavy atom. The second-order valence-corrected chi connectivity index (χ2v) is 6.01. The van der Waals surface area contributed by atoms with E-state index in [2.05, 4.69) is 20.5 Å². The molecule has 0 aliphatic carbocycles. The molecule has 1 aliphatic rings. The zero-order valence-corrected chi connectivity index (χ0v) is 16.7. The number of carbonyl (C=O) groups is 1. The van der Waals surface area contributed by atoms with Crippen LogP contribution in [-0.2, 0) is 0 Å². The van der Waals surface area contributed by atoms with Crippen molar-refractivity contribution in [2.75, 3.05) is 39.3 Å². The minimum Gasteiger partial charge on any atom is -0.457 e. The largest absolute Gasteiger partial charge is 0.457 e. The Morgan fingerprint density at radius 3 is 2.59 bits per heavy atom. The highest BCUT2D eigenvalue weighted by Gasteiger charge is 2.10. The number of hydrogen-bond acceptors (Lipinski definition) is 5. The van der Waals surface area contributed by atoms with Crippen LogP contribution in [0.4, 0.5) is 0 Å². The summed E-state index contributed by atoms with van der Waals surface area (Å²) < 4.78 is 5.74. The lowest BCUT2D eigenvalue weighted by atomic mass is 10.2. The molecule has 148 valence electrons. The van der Waals surface area contributed by atoms with Gasteiger partial charge in [0.2, 0.25) is 0 Å². The van der Waals surface area contributed by atoms with Gasteiger partial charge in [0.05, 0.1) is 0 Å². The van der Waals surface area contributed by atoms with E-state index in [4.69, 9.17) is 4.74 Å². The van der Waals surface area contributed by atoms with Crippen LogP contribution in [-0.4, -0.2) is 55.1 Å². The highest BCUT2D eigenvalue weighted by atomic mass is 35.5. The van der Waals surface area contributed by atoms with Crippen molar-refractivity contribution < 1.29 is 9.53 Å². The van der Waals surface area contributed by atoms with E-state index < -0.39 is 0 Å². The van der Waals surface area contributed by atoms with Gasteiger partial charge >= 0.3 is 0 Å². The fraction of sp³-hybridized carbons (Fsp3) is 0.368. The molecule has 2 aromatic rings. The maximum atomic E-state index is 12.3. The number of benzene rings is 1.